The Morgan fingerprint density at radius 3 is 2.53 bits per heavy atom. The van der Waals surface area contributed by atoms with Crippen molar-refractivity contribution < 1.29 is 4.79 Å². The van der Waals surface area contributed by atoms with Gasteiger partial charge in [-0.3, -0.25) is 4.79 Å². The number of benzene rings is 1. The normalized spacial score (nSPS) is 11.1. The Bertz CT molecular complexity index is 1330. The number of carbonyl (C=O) groups excluding carboxylic acids is 1. The lowest BCUT2D eigenvalue weighted by Crippen LogP contribution is -2.12. The fourth-order valence-corrected chi connectivity index (χ4v) is 6.08. The Morgan fingerprint density at radius 2 is 1.77 bits per heavy atom. The molecule has 0 N–H and O–H groups in total. The van der Waals surface area contributed by atoms with E-state index in [1.54, 1.807) is 64.5 Å². The zero-order valence-corrected chi connectivity index (χ0v) is 18.9. The molecule has 30 heavy (non-hydrogen) atoms. The highest BCUT2D eigenvalue weighted by atomic mass is 35.5. The van der Waals surface area contributed by atoms with E-state index in [-0.39, 0.29) is 5.91 Å². The molecule has 4 heterocycles. The minimum Gasteiger partial charge on any atom is -0.267 e. The molecule has 8 heteroatoms. The zero-order chi connectivity index (χ0) is 20.7. The topological polar surface area (TPSA) is 47.8 Å². The summed E-state index contributed by atoms with van der Waals surface area (Å²) in [7, 11) is 0. The van der Waals surface area contributed by atoms with Gasteiger partial charge >= 0.3 is 0 Å². The largest absolute Gasteiger partial charge is 0.278 e. The number of nitrogens with zero attached hydrogens (tertiary/aromatic N) is 3. The van der Waals surface area contributed by atoms with Gasteiger partial charge in [-0.05, 0) is 60.8 Å². The van der Waals surface area contributed by atoms with E-state index in [0.717, 1.165) is 26.1 Å². The summed E-state index contributed by atoms with van der Waals surface area (Å²) in [5.74, 6) is -0.195. The first-order valence-electron chi connectivity index (χ1n) is 9.06. The SMILES string of the molecule is Cc1nc(-c2ccc(-c3cccs3)s2)sc1-c1ccn(C(=O)c2ccc(Cl)cc2)n1. The minimum atomic E-state index is -0.195. The van der Waals surface area contributed by atoms with Gasteiger partial charge in [0, 0.05) is 26.5 Å². The monoisotopic (exact) mass is 467 g/mol. The van der Waals surface area contributed by atoms with Crippen molar-refractivity contribution in [2.45, 2.75) is 6.92 Å². The van der Waals surface area contributed by atoms with Crippen molar-refractivity contribution in [3.63, 3.8) is 0 Å². The number of aryl methyl sites for hydroxylation is 1. The van der Waals surface area contributed by atoms with Crippen molar-refractivity contribution in [3.05, 3.63) is 82.5 Å². The maximum Gasteiger partial charge on any atom is 0.278 e. The maximum atomic E-state index is 12.7. The summed E-state index contributed by atoms with van der Waals surface area (Å²) >= 11 is 11.0. The number of thiophene rings is 2. The second-order valence-corrected chi connectivity index (χ2v) is 10.00. The van der Waals surface area contributed by atoms with Crippen molar-refractivity contribution in [1.29, 1.82) is 0 Å². The van der Waals surface area contributed by atoms with Gasteiger partial charge in [0.15, 0.2) is 0 Å². The van der Waals surface area contributed by atoms with Gasteiger partial charge in [0.25, 0.3) is 5.91 Å². The quantitative estimate of drug-likeness (QED) is 0.283. The molecule has 0 bridgehead atoms. The molecule has 0 saturated carbocycles. The van der Waals surface area contributed by atoms with Crippen molar-refractivity contribution in [2.75, 3.05) is 0 Å². The minimum absolute atomic E-state index is 0.195. The molecule has 5 aromatic rings. The lowest BCUT2D eigenvalue weighted by atomic mass is 10.2. The molecule has 0 saturated heterocycles. The van der Waals surface area contributed by atoms with Crippen molar-refractivity contribution in [1.82, 2.24) is 14.8 Å². The number of aromatic nitrogens is 3. The highest BCUT2D eigenvalue weighted by Crippen LogP contribution is 2.40. The summed E-state index contributed by atoms with van der Waals surface area (Å²) < 4.78 is 1.36. The molecule has 0 aliphatic heterocycles. The van der Waals surface area contributed by atoms with E-state index < -0.39 is 0 Å². The standard InChI is InChI=1S/C22H14ClN3OS3/c1-13-20(16-10-11-26(25-16)22(27)14-4-6-15(23)7-5-14)30-21(24-13)19-9-8-18(29-19)17-3-2-12-28-17/h2-12H,1H3. The van der Waals surface area contributed by atoms with E-state index in [0.29, 0.717) is 10.6 Å². The smallest absolute Gasteiger partial charge is 0.267 e. The molecule has 4 nitrogen and oxygen atoms in total. The van der Waals surface area contributed by atoms with Crippen molar-refractivity contribution in [2.24, 2.45) is 0 Å². The Balaban J connectivity index is 1.43. The molecule has 5 rings (SSSR count). The number of carbonyl (C=O) groups is 1. The van der Waals surface area contributed by atoms with Gasteiger partial charge in [-0.15, -0.1) is 34.0 Å². The summed E-state index contributed by atoms with van der Waals surface area (Å²) in [6.07, 6.45) is 1.69. The summed E-state index contributed by atoms with van der Waals surface area (Å²) in [5.41, 5.74) is 2.19. The third-order valence-corrected chi connectivity index (χ3v) is 8.25. The van der Waals surface area contributed by atoms with Crippen LogP contribution in [0.2, 0.25) is 5.02 Å². The highest BCUT2D eigenvalue weighted by Gasteiger charge is 2.17. The van der Waals surface area contributed by atoms with Gasteiger partial charge in [0.05, 0.1) is 15.4 Å². The Morgan fingerprint density at radius 1 is 0.967 bits per heavy atom. The predicted octanol–water partition coefficient (Wildman–Crippen LogP) is 7.11. The summed E-state index contributed by atoms with van der Waals surface area (Å²) in [6.45, 7) is 1.98. The molecule has 0 fully saturated rings. The van der Waals surface area contributed by atoms with Gasteiger partial charge in [0.1, 0.15) is 10.7 Å². The van der Waals surface area contributed by atoms with Gasteiger partial charge < -0.3 is 0 Å². The van der Waals surface area contributed by atoms with Crippen LogP contribution in [0.5, 0.6) is 0 Å². The van der Waals surface area contributed by atoms with Crippen LogP contribution in [-0.4, -0.2) is 20.7 Å². The summed E-state index contributed by atoms with van der Waals surface area (Å²) in [6, 6.07) is 17.1. The highest BCUT2D eigenvalue weighted by molar-refractivity contribution is 7.26. The average Bonchev–Trinajstić information content (AvgIpc) is 3.53. The number of hydrogen-bond acceptors (Lipinski definition) is 6. The van der Waals surface area contributed by atoms with Crippen LogP contribution in [0, 0.1) is 6.92 Å². The van der Waals surface area contributed by atoms with Crippen LogP contribution < -0.4 is 0 Å². The van der Waals surface area contributed by atoms with E-state index >= 15 is 0 Å². The van der Waals surface area contributed by atoms with Gasteiger partial charge in [0.2, 0.25) is 0 Å². The Labute approximate surface area is 190 Å². The van der Waals surface area contributed by atoms with Gasteiger partial charge in [-0.25, -0.2) is 9.67 Å². The fraction of sp³-hybridized carbons (Fsp3) is 0.0455. The van der Waals surface area contributed by atoms with Crippen molar-refractivity contribution in [3.8, 4) is 30.2 Å². The van der Waals surface area contributed by atoms with Crippen molar-refractivity contribution >= 4 is 51.5 Å². The molecule has 4 aromatic heterocycles. The van der Waals surface area contributed by atoms with E-state index in [9.17, 15) is 4.79 Å². The Kier molecular flexibility index (Phi) is 5.12. The van der Waals surface area contributed by atoms with Crippen LogP contribution in [0.1, 0.15) is 16.1 Å². The zero-order valence-electron chi connectivity index (χ0n) is 15.7. The van der Waals surface area contributed by atoms with Crippen LogP contribution in [0.3, 0.4) is 0 Å². The number of hydrogen-bond donors (Lipinski definition) is 0. The third kappa shape index (κ3) is 3.65. The number of rotatable bonds is 4. The summed E-state index contributed by atoms with van der Waals surface area (Å²) in [4.78, 5) is 22.0. The van der Waals surface area contributed by atoms with E-state index in [1.807, 2.05) is 13.0 Å². The van der Waals surface area contributed by atoms with Crippen LogP contribution >= 0.6 is 45.6 Å². The Hall–Kier alpha value is -2.58. The molecule has 0 atom stereocenters. The van der Waals surface area contributed by atoms with Gasteiger partial charge in [-0.2, -0.15) is 5.10 Å². The van der Waals surface area contributed by atoms with E-state index in [4.69, 9.17) is 16.6 Å². The molecule has 148 valence electrons. The molecule has 0 radical (unpaired) electrons. The molecular weight excluding hydrogens is 454 g/mol. The molecule has 0 unspecified atom stereocenters. The fourth-order valence-electron chi connectivity index (χ4n) is 3.03. The molecule has 0 spiro atoms. The molecule has 0 aliphatic rings. The molecular formula is C22H14ClN3OS3. The predicted molar refractivity (Wildman–Crippen MR) is 126 cm³/mol. The molecule has 1 aromatic carbocycles. The third-order valence-electron chi connectivity index (χ3n) is 4.50. The van der Waals surface area contributed by atoms with E-state index in [1.165, 1.54) is 14.4 Å². The van der Waals surface area contributed by atoms with Crippen LogP contribution in [-0.2, 0) is 0 Å². The molecule has 0 amide bonds. The maximum absolute atomic E-state index is 12.7. The van der Waals surface area contributed by atoms with Crippen LogP contribution in [0.15, 0.2) is 66.2 Å². The number of thiazole rings is 1. The van der Waals surface area contributed by atoms with Crippen LogP contribution in [0.25, 0.3) is 30.2 Å². The lowest BCUT2D eigenvalue weighted by Gasteiger charge is -2.00. The second-order valence-electron chi connectivity index (χ2n) is 6.53. The van der Waals surface area contributed by atoms with Crippen LogP contribution in [0.4, 0.5) is 0 Å². The first kappa shape index (κ1) is 19.4. The summed E-state index contributed by atoms with van der Waals surface area (Å²) in [5, 5.41) is 8.15. The second kappa shape index (κ2) is 7.92. The first-order valence-corrected chi connectivity index (χ1v) is 12.0. The first-order chi connectivity index (χ1) is 14.6. The number of halogens is 1. The molecule has 0 aliphatic carbocycles. The lowest BCUT2D eigenvalue weighted by molar-refractivity contribution is 0.0945. The average molecular weight is 468 g/mol. The van der Waals surface area contributed by atoms with Gasteiger partial charge in [-0.1, -0.05) is 17.7 Å². The van der Waals surface area contributed by atoms with E-state index in [2.05, 4.69) is 34.7 Å².